The Labute approximate surface area is 139 Å². The van der Waals surface area contributed by atoms with Gasteiger partial charge in [0.25, 0.3) is 0 Å². The van der Waals surface area contributed by atoms with Gasteiger partial charge in [0.2, 0.25) is 0 Å². The maximum absolute atomic E-state index is 5.39. The van der Waals surface area contributed by atoms with Crippen LogP contribution >= 0.6 is 11.8 Å². The highest BCUT2D eigenvalue weighted by Gasteiger charge is 2.21. The highest BCUT2D eigenvalue weighted by Crippen LogP contribution is 2.21. The summed E-state index contributed by atoms with van der Waals surface area (Å²) in [5.41, 5.74) is 0. The standard InChI is InChI=1S/C16H32N4OS/c1-3-15-14-20(10-13-22-15)16(17-4-2)18-6-5-7-19-8-11-21-12-9-19/h15H,3-14H2,1-2H3,(H,17,18). The SMILES string of the molecule is CCNC(=NCCCN1CCOCC1)N1CCSC(CC)C1. The Morgan fingerprint density at radius 2 is 2.09 bits per heavy atom. The van der Waals surface area contributed by atoms with Gasteiger partial charge in [0.15, 0.2) is 5.96 Å². The predicted octanol–water partition coefficient (Wildman–Crippen LogP) is 1.50. The zero-order chi connectivity index (χ0) is 15.6. The van der Waals surface area contributed by atoms with Crippen molar-refractivity contribution in [3.05, 3.63) is 0 Å². The summed E-state index contributed by atoms with van der Waals surface area (Å²) in [6.45, 7) is 13.6. The molecule has 2 heterocycles. The van der Waals surface area contributed by atoms with Gasteiger partial charge in [-0.15, -0.1) is 0 Å². The molecule has 0 radical (unpaired) electrons. The number of thioether (sulfide) groups is 1. The van der Waals surface area contributed by atoms with Crippen molar-refractivity contribution in [3.63, 3.8) is 0 Å². The van der Waals surface area contributed by atoms with E-state index in [0.29, 0.717) is 0 Å². The number of hydrogen-bond acceptors (Lipinski definition) is 4. The van der Waals surface area contributed by atoms with Gasteiger partial charge in [-0.2, -0.15) is 11.8 Å². The van der Waals surface area contributed by atoms with Crippen molar-refractivity contribution in [2.45, 2.75) is 31.9 Å². The van der Waals surface area contributed by atoms with Gasteiger partial charge in [-0.25, -0.2) is 0 Å². The van der Waals surface area contributed by atoms with E-state index in [9.17, 15) is 0 Å². The number of nitrogens with zero attached hydrogens (tertiary/aromatic N) is 3. The number of nitrogens with one attached hydrogen (secondary N) is 1. The van der Waals surface area contributed by atoms with Gasteiger partial charge in [-0.1, -0.05) is 6.92 Å². The lowest BCUT2D eigenvalue weighted by Gasteiger charge is -2.34. The first kappa shape index (κ1) is 17.9. The average Bonchev–Trinajstić information content (AvgIpc) is 2.58. The summed E-state index contributed by atoms with van der Waals surface area (Å²) >= 11 is 2.11. The van der Waals surface area contributed by atoms with Crippen molar-refractivity contribution in [2.75, 3.05) is 64.8 Å². The van der Waals surface area contributed by atoms with Gasteiger partial charge in [0.05, 0.1) is 13.2 Å². The third-order valence-electron chi connectivity index (χ3n) is 4.23. The summed E-state index contributed by atoms with van der Waals surface area (Å²) in [5, 5.41) is 4.22. The second-order valence-corrected chi connectivity index (χ2v) is 7.30. The molecule has 5 nitrogen and oxygen atoms in total. The lowest BCUT2D eigenvalue weighted by Crippen LogP contribution is -2.48. The zero-order valence-corrected chi connectivity index (χ0v) is 15.0. The van der Waals surface area contributed by atoms with Gasteiger partial charge in [0, 0.05) is 56.8 Å². The minimum atomic E-state index is 0.756. The van der Waals surface area contributed by atoms with Crippen LogP contribution in [0.15, 0.2) is 4.99 Å². The highest BCUT2D eigenvalue weighted by atomic mass is 32.2. The van der Waals surface area contributed by atoms with Gasteiger partial charge < -0.3 is 15.0 Å². The average molecular weight is 329 g/mol. The third-order valence-corrected chi connectivity index (χ3v) is 5.60. The van der Waals surface area contributed by atoms with Crippen LogP contribution in [-0.2, 0) is 4.74 Å². The molecule has 0 saturated carbocycles. The molecule has 128 valence electrons. The van der Waals surface area contributed by atoms with Crippen LogP contribution in [-0.4, -0.2) is 85.8 Å². The van der Waals surface area contributed by atoms with Crippen molar-refractivity contribution >= 4 is 17.7 Å². The molecule has 0 aromatic rings. The maximum atomic E-state index is 5.39. The minimum Gasteiger partial charge on any atom is -0.379 e. The third kappa shape index (κ3) is 5.97. The molecule has 22 heavy (non-hydrogen) atoms. The summed E-state index contributed by atoms with van der Waals surface area (Å²) < 4.78 is 5.39. The summed E-state index contributed by atoms with van der Waals surface area (Å²) in [6.07, 6.45) is 2.38. The number of guanidine groups is 1. The molecule has 2 aliphatic heterocycles. The molecule has 0 aromatic heterocycles. The van der Waals surface area contributed by atoms with E-state index in [1.807, 2.05) is 0 Å². The fraction of sp³-hybridized carbons (Fsp3) is 0.938. The van der Waals surface area contributed by atoms with Crippen molar-refractivity contribution in [1.29, 1.82) is 0 Å². The predicted molar refractivity (Wildman–Crippen MR) is 96.0 cm³/mol. The Morgan fingerprint density at radius 3 is 2.82 bits per heavy atom. The van der Waals surface area contributed by atoms with Crippen molar-refractivity contribution < 1.29 is 4.74 Å². The van der Waals surface area contributed by atoms with Crippen molar-refractivity contribution in [2.24, 2.45) is 4.99 Å². The van der Waals surface area contributed by atoms with Crippen LogP contribution in [0.25, 0.3) is 0 Å². The molecule has 0 aliphatic carbocycles. The van der Waals surface area contributed by atoms with Gasteiger partial charge in [-0.05, 0) is 19.8 Å². The first-order valence-electron chi connectivity index (χ1n) is 8.78. The molecule has 6 heteroatoms. The fourth-order valence-electron chi connectivity index (χ4n) is 2.89. The topological polar surface area (TPSA) is 40.1 Å². The smallest absolute Gasteiger partial charge is 0.193 e. The summed E-state index contributed by atoms with van der Waals surface area (Å²) in [5.74, 6) is 2.33. The van der Waals surface area contributed by atoms with Crippen molar-refractivity contribution in [1.82, 2.24) is 15.1 Å². The van der Waals surface area contributed by atoms with Crippen LogP contribution in [0.1, 0.15) is 26.7 Å². The first-order chi connectivity index (χ1) is 10.8. The molecule has 0 amide bonds. The van der Waals surface area contributed by atoms with E-state index in [1.165, 1.54) is 12.2 Å². The Hall–Kier alpha value is -0.460. The summed E-state index contributed by atoms with van der Waals surface area (Å²) in [6, 6.07) is 0. The molecule has 1 atom stereocenters. The molecule has 2 fully saturated rings. The molecule has 1 N–H and O–H groups in total. The largest absolute Gasteiger partial charge is 0.379 e. The minimum absolute atomic E-state index is 0.756. The van der Waals surface area contributed by atoms with Crippen LogP contribution in [0, 0.1) is 0 Å². The van der Waals surface area contributed by atoms with E-state index >= 15 is 0 Å². The van der Waals surface area contributed by atoms with Gasteiger partial charge >= 0.3 is 0 Å². The number of ether oxygens (including phenoxy) is 1. The van der Waals surface area contributed by atoms with E-state index in [0.717, 1.165) is 76.7 Å². The van der Waals surface area contributed by atoms with Gasteiger partial charge in [-0.3, -0.25) is 9.89 Å². The fourth-order valence-corrected chi connectivity index (χ4v) is 4.07. The lowest BCUT2D eigenvalue weighted by atomic mass is 10.3. The quantitative estimate of drug-likeness (QED) is 0.455. The maximum Gasteiger partial charge on any atom is 0.193 e. The molecular weight excluding hydrogens is 296 g/mol. The Kier molecular flexibility index (Phi) is 8.41. The molecular formula is C16H32N4OS. The van der Waals surface area contributed by atoms with Crippen LogP contribution < -0.4 is 5.32 Å². The number of hydrogen-bond donors (Lipinski definition) is 1. The normalized spacial score (nSPS) is 24.5. The van der Waals surface area contributed by atoms with E-state index in [-0.39, 0.29) is 0 Å². The van der Waals surface area contributed by atoms with Crippen LogP contribution in [0.3, 0.4) is 0 Å². The zero-order valence-electron chi connectivity index (χ0n) is 14.2. The Bertz CT molecular complexity index is 334. The van der Waals surface area contributed by atoms with E-state index in [4.69, 9.17) is 9.73 Å². The lowest BCUT2D eigenvalue weighted by molar-refractivity contribution is 0.0377. The van der Waals surface area contributed by atoms with Crippen LogP contribution in [0.2, 0.25) is 0 Å². The molecule has 2 saturated heterocycles. The number of aliphatic imine (C=N–C) groups is 1. The molecule has 1 unspecified atom stereocenters. The van der Waals surface area contributed by atoms with E-state index < -0.39 is 0 Å². The molecule has 0 bridgehead atoms. The van der Waals surface area contributed by atoms with Crippen molar-refractivity contribution in [3.8, 4) is 0 Å². The van der Waals surface area contributed by atoms with E-state index in [2.05, 4.69) is 40.7 Å². The Balaban J connectivity index is 1.76. The number of morpholine rings is 1. The molecule has 0 aromatic carbocycles. The molecule has 2 rings (SSSR count). The van der Waals surface area contributed by atoms with Crippen LogP contribution in [0.5, 0.6) is 0 Å². The number of rotatable bonds is 6. The second kappa shape index (κ2) is 10.3. The summed E-state index contributed by atoms with van der Waals surface area (Å²) in [4.78, 5) is 9.78. The first-order valence-corrected chi connectivity index (χ1v) is 9.83. The van der Waals surface area contributed by atoms with Crippen LogP contribution in [0.4, 0.5) is 0 Å². The second-order valence-electron chi connectivity index (χ2n) is 5.89. The summed E-state index contributed by atoms with van der Waals surface area (Å²) in [7, 11) is 0. The highest BCUT2D eigenvalue weighted by molar-refractivity contribution is 8.00. The molecule has 0 spiro atoms. The van der Waals surface area contributed by atoms with Gasteiger partial charge in [0.1, 0.15) is 0 Å². The Morgan fingerprint density at radius 1 is 1.27 bits per heavy atom. The van der Waals surface area contributed by atoms with E-state index in [1.54, 1.807) is 0 Å². The monoisotopic (exact) mass is 328 g/mol. The molecule has 2 aliphatic rings.